The van der Waals surface area contributed by atoms with Gasteiger partial charge in [0.1, 0.15) is 0 Å². The number of hydrogen-bond acceptors (Lipinski definition) is 0. The fourth-order valence-electron chi connectivity index (χ4n) is 5.26. The van der Waals surface area contributed by atoms with E-state index >= 15 is 0 Å². The molecule has 6 aromatic rings. The second-order valence-corrected chi connectivity index (χ2v) is 8.93. The molecule has 0 bridgehead atoms. The molecule has 0 saturated heterocycles. The van der Waals surface area contributed by atoms with Crippen molar-refractivity contribution in [2.75, 3.05) is 0 Å². The van der Waals surface area contributed by atoms with Crippen LogP contribution in [0.3, 0.4) is 0 Å². The molecule has 0 amide bonds. The molecule has 6 heteroatoms. The molecule has 0 aliphatic heterocycles. The maximum atomic E-state index is 14.2. The van der Waals surface area contributed by atoms with Crippen LogP contribution in [0.25, 0.3) is 43.1 Å². The Morgan fingerprint density at radius 1 is 0.342 bits per heavy atom. The molecule has 186 valence electrons. The molecule has 0 atom stereocenters. The first-order valence-corrected chi connectivity index (χ1v) is 11.7. The Hall–Kier alpha value is -4.50. The van der Waals surface area contributed by atoms with E-state index in [0.29, 0.717) is 32.7 Å². The van der Waals surface area contributed by atoms with E-state index in [0.717, 1.165) is 0 Å². The number of alkyl halides is 6. The van der Waals surface area contributed by atoms with E-state index in [1.165, 1.54) is 24.3 Å². The smallest absolute Gasteiger partial charge is 0.166 e. The van der Waals surface area contributed by atoms with Gasteiger partial charge in [-0.25, -0.2) is 0 Å². The van der Waals surface area contributed by atoms with Crippen LogP contribution in [0.15, 0.2) is 97.1 Å². The number of halogens is 6. The minimum absolute atomic E-state index is 0.0186. The Morgan fingerprint density at radius 3 is 0.763 bits per heavy atom. The number of fused-ring (bicyclic) bond motifs is 4. The lowest BCUT2D eigenvalue weighted by atomic mass is 9.90. The maximum Gasteiger partial charge on any atom is 0.417 e. The maximum absolute atomic E-state index is 14.2. The fraction of sp³-hybridized carbons (Fsp3) is 0.0625. The predicted octanol–water partition coefficient (Wildman–Crippen LogP) is 9.74. The fourth-order valence-corrected chi connectivity index (χ4v) is 5.26. The highest BCUT2D eigenvalue weighted by Crippen LogP contribution is 2.44. The van der Waals surface area contributed by atoms with Crippen LogP contribution in [0.5, 0.6) is 0 Å². The van der Waals surface area contributed by atoms with Gasteiger partial charge in [0.15, 0.2) is 0 Å². The minimum atomic E-state index is -4.59. The second-order valence-electron chi connectivity index (χ2n) is 8.93. The average Bonchev–Trinajstić information content (AvgIpc) is 2.88. The van der Waals surface area contributed by atoms with Crippen LogP contribution in [0.1, 0.15) is 22.3 Å². The van der Waals surface area contributed by atoms with Gasteiger partial charge in [-0.05, 0) is 43.1 Å². The normalized spacial score (nSPS) is 12.3. The summed E-state index contributed by atoms with van der Waals surface area (Å²) in [5.41, 5.74) is -0.700. The quantitative estimate of drug-likeness (QED) is 0.108. The van der Waals surface area contributed by atoms with Gasteiger partial charge in [0.05, 0.1) is 11.1 Å². The zero-order chi connectivity index (χ0) is 26.7. The molecule has 0 nitrogen and oxygen atoms in total. The SMILES string of the molecule is FC(F)(F)c1c2ccccc2c(C#Cc2c3ccccc3c(C(F)(F)F)c3ccccc23)c2ccccc12. The molecule has 0 N–H and O–H groups in total. The molecule has 6 aromatic carbocycles. The lowest BCUT2D eigenvalue weighted by Crippen LogP contribution is -2.08. The molecule has 0 saturated carbocycles. The second kappa shape index (κ2) is 8.53. The van der Waals surface area contributed by atoms with Crippen LogP contribution >= 0.6 is 0 Å². The zero-order valence-corrected chi connectivity index (χ0v) is 19.5. The van der Waals surface area contributed by atoms with Gasteiger partial charge >= 0.3 is 12.4 Å². The molecule has 0 aliphatic rings. The van der Waals surface area contributed by atoms with E-state index in [9.17, 15) is 26.3 Å². The van der Waals surface area contributed by atoms with Crippen LogP contribution in [0, 0.1) is 11.8 Å². The summed E-state index contributed by atoms with van der Waals surface area (Å²) in [5, 5.41) is 1.38. The van der Waals surface area contributed by atoms with Gasteiger partial charge in [-0.3, -0.25) is 0 Å². The lowest BCUT2D eigenvalue weighted by Gasteiger charge is -2.17. The number of benzene rings is 6. The first-order chi connectivity index (χ1) is 18.2. The molecular weight excluding hydrogens is 498 g/mol. The Bertz CT molecular complexity index is 1690. The highest BCUT2D eigenvalue weighted by atomic mass is 19.4. The Labute approximate surface area is 213 Å². The molecule has 38 heavy (non-hydrogen) atoms. The van der Waals surface area contributed by atoms with Gasteiger partial charge in [-0.2, -0.15) is 26.3 Å². The van der Waals surface area contributed by atoms with Crippen LogP contribution in [-0.2, 0) is 12.4 Å². The molecule has 0 fully saturated rings. The van der Waals surface area contributed by atoms with E-state index in [1.807, 2.05) is 0 Å². The van der Waals surface area contributed by atoms with Crippen molar-refractivity contribution in [2.45, 2.75) is 12.4 Å². The Morgan fingerprint density at radius 2 is 0.553 bits per heavy atom. The summed E-state index contributed by atoms with van der Waals surface area (Å²) in [5.74, 6) is 6.14. The van der Waals surface area contributed by atoms with E-state index in [4.69, 9.17) is 0 Å². The van der Waals surface area contributed by atoms with Crippen molar-refractivity contribution >= 4 is 43.1 Å². The molecule has 0 unspecified atom stereocenters. The Balaban J connectivity index is 1.75. The standard InChI is InChI=1S/C32H16F6/c33-31(34,35)29-25-13-5-1-9-19(25)23(20-10-2-6-14-26(20)29)17-18-24-21-11-3-7-15-27(21)30(32(36,37)38)28-16-8-4-12-22(24)28/h1-16H. The molecule has 0 aliphatic carbocycles. The van der Waals surface area contributed by atoms with Crippen molar-refractivity contribution in [1.82, 2.24) is 0 Å². The molecule has 0 heterocycles. The topological polar surface area (TPSA) is 0 Å². The number of hydrogen-bond donors (Lipinski definition) is 0. The van der Waals surface area contributed by atoms with Crippen LogP contribution in [0.4, 0.5) is 26.3 Å². The van der Waals surface area contributed by atoms with Crippen LogP contribution in [-0.4, -0.2) is 0 Å². The van der Waals surface area contributed by atoms with E-state index in [2.05, 4.69) is 11.8 Å². The molecule has 0 aromatic heterocycles. The van der Waals surface area contributed by atoms with Gasteiger partial charge in [-0.15, -0.1) is 0 Å². The van der Waals surface area contributed by atoms with Crippen molar-refractivity contribution in [3.8, 4) is 11.8 Å². The van der Waals surface area contributed by atoms with Crippen molar-refractivity contribution in [1.29, 1.82) is 0 Å². The summed E-state index contributed by atoms with van der Waals surface area (Å²) in [6, 6.07) is 24.8. The molecule has 0 spiro atoms. The van der Waals surface area contributed by atoms with Gasteiger partial charge in [0, 0.05) is 11.1 Å². The predicted molar refractivity (Wildman–Crippen MR) is 139 cm³/mol. The van der Waals surface area contributed by atoms with E-state index < -0.39 is 23.5 Å². The molecule has 6 rings (SSSR count). The third kappa shape index (κ3) is 3.74. The van der Waals surface area contributed by atoms with E-state index in [1.54, 1.807) is 72.8 Å². The first-order valence-electron chi connectivity index (χ1n) is 11.7. The van der Waals surface area contributed by atoms with Crippen molar-refractivity contribution in [3.05, 3.63) is 119 Å². The minimum Gasteiger partial charge on any atom is -0.166 e. The van der Waals surface area contributed by atoms with Crippen LogP contribution in [0.2, 0.25) is 0 Å². The zero-order valence-electron chi connectivity index (χ0n) is 19.5. The highest BCUT2D eigenvalue weighted by molar-refractivity contribution is 6.10. The summed E-state index contributed by atoms with van der Waals surface area (Å²) in [7, 11) is 0. The summed E-state index contributed by atoms with van der Waals surface area (Å²) in [6.45, 7) is 0. The first kappa shape index (κ1) is 23.9. The summed E-state index contributed by atoms with van der Waals surface area (Å²) in [4.78, 5) is 0. The average molecular weight is 514 g/mol. The van der Waals surface area contributed by atoms with Gasteiger partial charge in [0.25, 0.3) is 0 Å². The van der Waals surface area contributed by atoms with Crippen molar-refractivity contribution in [2.24, 2.45) is 0 Å². The van der Waals surface area contributed by atoms with Gasteiger partial charge in [0.2, 0.25) is 0 Å². The lowest BCUT2D eigenvalue weighted by molar-refractivity contribution is -0.135. The largest absolute Gasteiger partial charge is 0.417 e. The van der Waals surface area contributed by atoms with Crippen LogP contribution < -0.4 is 0 Å². The number of rotatable bonds is 0. The third-order valence-corrected chi connectivity index (χ3v) is 6.74. The third-order valence-electron chi connectivity index (χ3n) is 6.74. The molecule has 0 radical (unpaired) electrons. The van der Waals surface area contributed by atoms with Gasteiger partial charge in [-0.1, -0.05) is 109 Å². The summed E-state index contributed by atoms with van der Waals surface area (Å²) < 4.78 is 85.1. The highest BCUT2D eigenvalue weighted by Gasteiger charge is 2.36. The monoisotopic (exact) mass is 514 g/mol. The van der Waals surface area contributed by atoms with E-state index in [-0.39, 0.29) is 21.5 Å². The summed E-state index contributed by atoms with van der Waals surface area (Å²) >= 11 is 0. The summed E-state index contributed by atoms with van der Waals surface area (Å²) in [6.07, 6.45) is -9.18. The van der Waals surface area contributed by atoms with Crippen molar-refractivity contribution < 1.29 is 26.3 Å². The molecular formula is C32H16F6. The van der Waals surface area contributed by atoms with Gasteiger partial charge < -0.3 is 0 Å². The van der Waals surface area contributed by atoms with Crippen molar-refractivity contribution in [3.63, 3.8) is 0 Å². The Kier molecular flexibility index (Phi) is 5.36.